The first kappa shape index (κ1) is 15.6. The standard InChI is InChI=1S/C16H16FNO4/c1-20-12-6-8-13(9-7-12)21-10-11-22-16(19)18-15-5-3-2-4-14(15)17/h2-9H,10-11H2,1H3,(H,18,19). The third-order valence-corrected chi connectivity index (χ3v) is 2.76. The molecule has 2 rings (SSSR count). The molecule has 0 atom stereocenters. The molecule has 6 heteroatoms. The molecule has 2 aromatic rings. The lowest BCUT2D eigenvalue weighted by Crippen LogP contribution is -2.18. The first-order valence-corrected chi connectivity index (χ1v) is 6.64. The van der Waals surface area contributed by atoms with Crippen molar-refractivity contribution in [3.05, 3.63) is 54.3 Å². The summed E-state index contributed by atoms with van der Waals surface area (Å²) in [5.41, 5.74) is 0.0728. The van der Waals surface area contributed by atoms with Gasteiger partial charge in [-0.2, -0.15) is 0 Å². The average molecular weight is 305 g/mol. The van der Waals surface area contributed by atoms with Gasteiger partial charge in [0.2, 0.25) is 0 Å². The molecule has 2 aromatic carbocycles. The quantitative estimate of drug-likeness (QED) is 0.830. The van der Waals surface area contributed by atoms with Crippen LogP contribution in [0.15, 0.2) is 48.5 Å². The number of anilines is 1. The molecular formula is C16H16FNO4. The van der Waals surface area contributed by atoms with Gasteiger partial charge in [-0.25, -0.2) is 9.18 Å². The fourth-order valence-corrected chi connectivity index (χ4v) is 1.67. The molecule has 0 aliphatic heterocycles. The number of carbonyl (C=O) groups is 1. The van der Waals surface area contributed by atoms with E-state index in [1.165, 1.54) is 18.2 Å². The number of ether oxygens (including phenoxy) is 3. The Bertz CT molecular complexity index is 616. The predicted octanol–water partition coefficient (Wildman–Crippen LogP) is 3.46. The maximum Gasteiger partial charge on any atom is 0.411 e. The zero-order chi connectivity index (χ0) is 15.8. The van der Waals surface area contributed by atoms with Gasteiger partial charge in [-0.1, -0.05) is 12.1 Å². The zero-order valence-electron chi connectivity index (χ0n) is 12.0. The monoisotopic (exact) mass is 305 g/mol. The summed E-state index contributed by atoms with van der Waals surface area (Å²) in [6.45, 7) is 0.239. The lowest BCUT2D eigenvalue weighted by molar-refractivity contribution is 0.137. The highest BCUT2D eigenvalue weighted by atomic mass is 19.1. The van der Waals surface area contributed by atoms with Gasteiger partial charge in [0.25, 0.3) is 0 Å². The van der Waals surface area contributed by atoms with E-state index in [-0.39, 0.29) is 18.9 Å². The lowest BCUT2D eigenvalue weighted by atomic mass is 10.3. The van der Waals surface area contributed by atoms with Crippen LogP contribution in [-0.4, -0.2) is 26.4 Å². The SMILES string of the molecule is COc1ccc(OCCOC(=O)Nc2ccccc2F)cc1. The summed E-state index contributed by atoms with van der Waals surface area (Å²) in [5, 5.41) is 2.32. The second-order valence-electron chi connectivity index (χ2n) is 4.26. The maximum atomic E-state index is 13.3. The fraction of sp³-hybridized carbons (Fsp3) is 0.188. The first-order chi connectivity index (χ1) is 10.7. The van der Waals surface area contributed by atoms with Crippen molar-refractivity contribution in [2.24, 2.45) is 0 Å². The largest absolute Gasteiger partial charge is 0.497 e. The number of amides is 1. The van der Waals surface area contributed by atoms with E-state index in [2.05, 4.69) is 5.32 Å². The van der Waals surface area contributed by atoms with E-state index in [1.54, 1.807) is 37.4 Å². The molecule has 5 nitrogen and oxygen atoms in total. The van der Waals surface area contributed by atoms with Gasteiger partial charge in [0.05, 0.1) is 12.8 Å². The molecule has 1 amide bonds. The van der Waals surface area contributed by atoms with Gasteiger partial charge in [-0.15, -0.1) is 0 Å². The molecular weight excluding hydrogens is 289 g/mol. The zero-order valence-corrected chi connectivity index (χ0v) is 12.0. The third-order valence-electron chi connectivity index (χ3n) is 2.76. The van der Waals surface area contributed by atoms with Gasteiger partial charge in [0.15, 0.2) is 0 Å². The van der Waals surface area contributed by atoms with E-state index < -0.39 is 11.9 Å². The van der Waals surface area contributed by atoms with Crippen molar-refractivity contribution in [1.29, 1.82) is 0 Å². The van der Waals surface area contributed by atoms with Crippen LogP contribution in [0.1, 0.15) is 0 Å². The van der Waals surface area contributed by atoms with Gasteiger partial charge in [-0.3, -0.25) is 5.32 Å². The second-order valence-corrected chi connectivity index (χ2v) is 4.26. The number of benzene rings is 2. The van der Waals surface area contributed by atoms with E-state index in [0.717, 1.165) is 5.75 Å². The summed E-state index contributed by atoms with van der Waals surface area (Å²) in [6.07, 6.45) is -0.733. The van der Waals surface area contributed by atoms with Crippen LogP contribution in [0.5, 0.6) is 11.5 Å². The molecule has 0 fully saturated rings. The number of halogens is 1. The highest BCUT2D eigenvalue weighted by molar-refractivity contribution is 5.84. The molecule has 0 unspecified atom stereocenters. The van der Waals surface area contributed by atoms with Crippen molar-refractivity contribution in [2.45, 2.75) is 0 Å². The molecule has 0 aliphatic rings. The van der Waals surface area contributed by atoms with Crippen LogP contribution in [0.3, 0.4) is 0 Å². The maximum absolute atomic E-state index is 13.3. The van der Waals surface area contributed by atoms with Gasteiger partial charge >= 0.3 is 6.09 Å². The Kier molecular flexibility index (Phi) is 5.59. The van der Waals surface area contributed by atoms with Gasteiger partial charge in [0.1, 0.15) is 30.5 Å². The number of carbonyl (C=O) groups excluding carboxylic acids is 1. The van der Waals surface area contributed by atoms with E-state index in [0.29, 0.717) is 5.75 Å². The second kappa shape index (κ2) is 7.87. The highest BCUT2D eigenvalue weighted by Crippen LogP contribution is 2.17. The molecule has 22 heavy (non-hydrogen) atoms. The minimum Gasteiger partial charge on any atom is -0.497 e. The van der Waals surface area contributed by atoms with Crippen LogP contribution in [-0.2, 0) is 4.74 Å². The molecule has 0 aliphatic carbocycles. The number of para-hydroxylation sites is 1. The van der Waals surface area contributed by atoms with Crippen molar-refractivity contribution < 1.29 is 23.4 Å². The van der Waals surface area contributed by atoms with Gasteiger partial charge in [0, 0.05) is 0 Å². The van der Waals surface area contributed by atoms with Crippen LogP contribution in [0.25, 0.3) is 0 Å². The Morgan fingerprint density at radius 2 is 1.73 bits per heavy atom. The van der Waals surface area contributed by atoms with Crippen molar-refractivity contribution in [3.8, 4) is 11.5 Å². The minimum absolute atomic E-state index is 0.0479. The summed E-state index contributed by atoms with van der Waals surface area (Å²) in [5.74, 6) is 0.848. The van der Waals surface area contributed by atoms with Crippen LogP contribution < -0.4 is 14.8 Å². The topological polar surface area (TPSA) is 56.8 Å². The average Bonchev–Trinajstić information content (AvgIpc) is 2.54. The Morgan fingerprint density at radius 3 is 2.41 bits per heavy atom. The molecule has 1 N–H and O–H groups in total. The van der Waals surface area contributed by atoms with Crippen molar-refractivity contribution >= 4 is 11.8 Å². The molecule has 0 aromatic heterocycles. The van der Waals surface area contributed by atoms with Crippen LogP contribution in [0, 0.1) is 5.82 Å². The Morgan fingerprint density at radius 1 is 1.05 bits per heavy atom. The molecule has 0 radical (unpaired) electrons. The van der Waals surface area contributed by atoms with Crippen molar-refractivity contribution in [1.82, 2.24) is 0 Å². The van der Waals surface area contributed by atoms with Crippen molar-refractivity contribution in [2.75, 3.05) is 25.6 Å². The highest BCUT2D eigenvalue weighted by Gasteiger charge is 2.06. The summed E-state index contributed by atoms with van der Waals surface area (Å²) in [7, 11) is 1.58. The van der Waals surface area contributed by atoms with E-state index >= 15 is 0 Å². The van der Waals surface area contributed by atoms with Gasteiger partial charge < -0.3 is 14.2 Å². The smallest absolute Gasteiger partial charge is 0.411 e. The minimum atomic E-state index is -0.733. The van der Waals surface area contributed by atoms with Crippen LogP contribution >= 0.6 is 0 Å². The van der Waals surface area contributed by atoms with Crippen LogP contribution in [0.4, 0.5) is 14.9 Å². The Hall–Kier alpha value is -2.76. The summed E-state index contributed by atoms with van der Waals surface area (Å²) < 4.78 is 28.6. The first-order valence-electron chi connectivity index (χ1n) is 6.64. The molecule has 0 heterocycles. The number of nitrogens with one attached hydrogen (secondary N) is 1. The molecule has 0 bridgehead atoms. The lowest BCUT2D eigenvalue weighted by Gasteiger charge is -2.09. The summed E-state index contributed by atoms with van der Waals surface area (Å²) in [6, 6.07) is 12.9. The summed E-state index contributed by atoms with van der Waals surface area (Å²) >= 11 is 0. The van der Waals surface area contributed by atoms with E-state index in [1.807, 2.05) is 0 Å². The third kappa shape index (κ3) is 4.66. The summed E-state index contributed by atoms with van der Waals surface area (Å²) in [4.78, 5) is 11.5. The Labute approximate surface area is 127 Å². The predicted molar refractivity (Wildman–Crippen MR) is 79.9 cm³/mol. The van der Waals surface area contributed by atoms with Crippen LogP contribution in [0.2, 0.25) is 0 Å². The van der Waals surface area contributed by atoms with Gasteiger partial charge in [-0.05, 0) is 36.4 Å². The van der Waals surface area contributed by atoms with E-state index in [4.69, 9.17) is 14.2 Å². The Balaban J connectivity index is 1.69. The number of rotatable bonds is 6. The molecule has 0 saturated heterocycles. The number of hydrogen-bond donors (Lipinski definition) is 1. The number of methoxy groups -OCH3 is 1. The normalized spacial score (nSPS) is 9.91. The number of hydrogen-bond acceptors (Lipinski definition) is 4. The molecule has 116 valence electrons. The fourth-order valence-electron chi connectivity index (χ4n) is 1.67. The molecule has 0 saturated carbocycles. The van der Waals surface area contributed by atoms with Crippen molar-refractivity contribution in [3.63, 3.8) is 0 Å². The molecule has 0 spiro atoms. The van der Waals surface area contributed by atoms with E-state index in [9.17, 15) is 9.18 Å².